The van der Waals surface area contributed by atoms with Gasteiger partial charge in [-0.15, -0.1) is 0 Å². The molecule has 0 bridgehead atoms. The van der Waals surface area contributed by atoms with Crippen LogP contribution in [-0.4, -0.2) is 38.0 Å². The average Bonchev–Trinajstić information content (AvgIpc) is 3.01. The fourth-order valence-corrected chi connectivity index (χ4v) is 3.36. The Bertz CT molecular complexity index is 1450. The summed E-state index contributed by atoms with van der Waals surface area (Å²) in [4.78, 5) is 49.6. The Labute approximate surface area is 181 Å². The molecule has 2 N–H and O–H groups in total. The largest absolute Gasteiger partial charge is 0.451 e. The number of ether oxygens (including phenoxy) is 1. The van der Waals surface area contributed by atoms with E-state index in [0.717, 1.165) is 0 Å². The second-order valence-electron chi connectivity index (χ2n) is 7.01. The van der Waals surface area contributed by atoms with Crippen LogP contribution in [0.3, 0.4) is 0 Å². The molecular weight excluding hydrogens is 414 g/mol. The zero-order chi connectivity index (χ0) is 22.8. The van der Waals surface area contributed by atoms with Crippen molar-refractivity contribution >= 4 is 28.3 Å². The SMILES string of the molecule is Cc1c(NC(=O)COC(=O)c2n[nH]c(=O)c3ccccc23)c(=O)n(-c2ccccc2)n1C. The summed E-state index contributed by atoms with van der Waals surface area (Å²) in [5.74, 6) is -1.56. The first-order valence-corrected chi connectivity index (χ1v) is 9.67. The molecule has 2 heterocycles. The molecule has 2 aromatic carbocycles. The zero-order valence-corrected chi connectivity index (χ0v) is 17.3. The maximum atomic E-state index is 12.9. The van der Waals surface area contributed by atoms with E-state index >= 15 is 0 Å². The number of fused-ring (bicyclic) bond motifs is 1. The number of carbonyl (C=O) groups is 2. The molecule has 162 valence electrons. The van der Waals surface area contributed by atoms with Crippen LogP contribution in [0, 0.1) is 6.92 Å². The van der Waals surface area contributed by atoms with Gasteiger partial charge >= 0.3 is 5.97 Å². The third kappa shape index (κ3) is 3.69. The number of hydrogen-bond donors (Lipinski definition) is 2. The van der Waals surface area contributed by atoms with Gasteiger partial charge in [0.05, 0.1) is 16.8 Å². The van der Waals surface area contributed by atoms with Crippen LogP contribution in [0.2, 0.25) is 0 Å². The number of para-hydroxylation sites is 1. The van der Waals surface area contributed by atoms with Crippen molar-refractivity contribution in [2.24, 2.45) is 7.05 Å². The molecule has 4 aromatic rings. The predicted molar refractivity (Wildman–Crippen MR) is 117 cm³/mol. The Morgan fingerprint density at radius 2 is 1.69 bits per heavy atom. The van der Waals surface area contributed by atoms with Gasteiger partial charge in [0.25, 0.3) is 17.0 Å². The number of hydrogen-bond acceptors (Lipinski definition) is 6. The molecule has 2 aromatic heterocycles. The van der Waals surface area contributed by atoms with Gasteiger partial charge in [0.2, 0.25) is 0 Å². The summed E-state index contributed by atoms with van der Waals surface area (Å²) >= 11 is 0. The maximum Gasteiger partial charge on any atom is 0.359 e. The molecule has 0 aliphatic carbocycles. The van der Waals surface area contributed by atoms with E-state index in [9.17, 15) is 19.2 Å². The van der Waals surface area contributed by atoms with E-state index in [2.05, 4.69) is 15.5 Å². The monoisotopic (exact) mass is 433 g/mol. The summed E-state index contributed by atoms with van der Waals surface area (Å²) in [5, 5.41) is 9.09. The van der Waals surface area contributed by atoms with Gasteiger partial charge < -0.3 is 10.1 Å². The Balaban J connectivity index is 1.51. The summed E-state index contributed by atoms with van der Waals surface area (Å²) in [6.07, 6.45) is 0. The third-order valence-corrected chi connectivity index (χ3v) is 5.04. The molecule has 0 saturated carbocycles. The van der Waals surface area contributed by atoms with Crippen LogP contribution in [0.4, 0.5) is 5.69 Å². The second kappa shape index (κ2) is 8.34. The molecule has 4 rings (SSSR count). The second-order valence-corrected chi connectivity index (χ2v) is 7.01. The maximum absolute atomic E-state index is 12.9. The Morgan fingerprint density at radius 3 is 2.41 bits per heavy atom. The molecule has 0 atom stereocenters. The molecule has 10 nitrogen and oxygen atoms in total. The highest BCUT2D eigenvalue weighted by Gasteiger charge is 2.20. The average molecular weight is 433 g/mol. The predicted octanol–water partition coefficient (Wildman–Crippen LogP) is 1.52. The first kappa shape index (κ1) is 20.8. The fraction of sp³-hybridized carbons (Fsp3) is 0.136. The number of aromatic nitrogens is 4. The number of rotatable bonds is 5. The quantitative estimate of drug-likeness (QED) is 0.459. The van der Waals surface area contributed by atoms with Crippen molar-refractivity contribution < 1.29 is 14.3 Å². The van der Waals surface area contributed by atoms with Crippen molar-refractivity contribution in [3.05, 3.63) is 86.7 Å². The summed E-state index contributed by atoms with van der Waals surface area (Å²) < 4.78 is 8.10. The van der Waals surface area contributed by atoms with Gasteiger partial charge in [-0.2, -0.15) is 5.10 Å². The topological polar surface area (TPSA) is 128 Å². The molecule has 32 heavy (non-hydrogen) atoms. The van der Waals surface area contributed by atoms with Crippen molar-refractivity contribution in [2.45, 2.75) is 6.92 Å². The first-order chi connectivity index (χ1) is 15.4. The molecule has 1 amide bonds. The minimum atomic E-state index is -0.876. The molecule has 0 saturated heterocycles. The summed E-state index contributed by atoms with van der Waals surface area (Å²) in [7, 11) is 1.70. The molecule has 0 fully saturated rings. The third-order valence-electron chi connectivity index (χ3n) is 5.04. The highest BCUT2D eigenvalue weighted by Crippen LogP contribution is 2.15. The van der Waals surface area contributed by atoms with Gasteiger partial charge in [-0.25, -0.2) is 14.6 Å². The number of esters is 1. The Kier molecular flexibility index (Phi) is 5.42. The molecule has 0 radical (unpaired) electrons. The van der Waals surface area contributed by atoms with Crippen molar-refractivity contribution in [3.63, 3.8) is 0 Å². The van der Waals surface area contributed by atoms with Crippen LogP contribution in [0.1, 0.15) is 16.2 Å². The van der Waals surface area contributed by atoms with Gasteiger partial charge in [0.15, 0.2) is 12.3 Å². The lowest BCUT2D eigenvalue weighted by molar-refractivity contribution is -0.119. The van der Waals surface area contributed by atoms with Crippen molar-refractivity contribution in [1.82, 2.24) is 19.6 Å². The molecule has 0 aliphatic rings. The van der Waals surface area contributed by atoms with Gasteiger partial charge in [-0.05, 0) is 25.1 Å². The normalized spacial score (nSPS) is 10.8. The zero-order valence-electron chi connectivity index (χ0n) is 17.3. The van der Waals surface area contributed by atoms with Crippen LogP contribution in [-0.2, 0) is 16.6 Å². The fourth-order valence-electron chi connectivity index (χ4n) is 3.36. The number of anilines is 1. The smallest absolute Gasteiger partial charge is 0.359 e. The van der Waals surface area contributed by atoms with Gasteiger partial charge in [0, 0.05) is 12.4 Å². The minimum Gasteiger partial charge on any atom is -0.451 e. The minimum absolute atomic E-state index is 0.0880. The van der Waals surface area contributed by atoms with E-state index < -0.39 is 29.6 Å². The lowest BCUT2D eigenvalue weighted by atomic mass is 10.1. The van der Waals surface area contributed by atoms with E-state index in [1.54, 1.807) is 67.2 Å². The Hall–Kier alpha value is -4.47. The highest BCUT2D eigenvalue weighted by molar-refractivity contribution is 6.03. The Morgan fingerprint density at radius 1 is 1.03 bits per heavy atom. The van der Waals surface area contributed by atoms with Crippen LogP contribution in [0.5, 0.6) is 0 Å². The number of aromatic amines is 1. The lowest BCUT2D eigenvalue weighted by Crippen LogP contribution is -2.26. The number of H-pyrrole nitrogens is 1. The number of amides is 1. The lowest BCUT2D eigenvalue weighted by Gasteiger charge is -2.07. The molecule has 0 unspecified atom stereocenters. The molecule has 10 heteroatoms. The number of carbonyl (C=O) groups excluding carboxylic acids is 2. The van der Waals surface area contributed by atoms with E-state index in [-0.39, 0.29) is 16.8 Å². The molecular formula is C22H19N5O5. The number of benzene rings is 2. The van der Waals surface area contributed by atoms with Crippen molar-refractivity contribution in [3.8, 4) is 5.69 Å². The summed E-state index contributed by atoms with van der Waals surface area (Å²) in [6, 6.07) is 15.4. The van der Waals surface area contributed by atoms with Crippen LogP contribution < -0.4 is 16.4 Å². The van der Waals surface area contributed by atoms with Crippen LogP contribution in [0.25, 0.3) is 16.5 Å². The van der Waals surface area contributed by atoms with E-state index in [1.807, 2.05) is 6.07 Å². The van der Waals surface area contributed by atoms with E-state index in [0.29, 0.717) is 16.8 Å². The molecule has 0 aliphatic heterocycles. The van der Waals surface area contributed by atoms with Crippen LogP contribution in [0.15, 0.2) is 64.2 Å². The summed E-state index contributed by atoms with van der Waals surface area (Å²) in [5.41, 5.74) is 0.298. The van der Waals surface area contributed by atoms with E-state index in [4.69, 9.17) is 4.74 Å². The summed E-state index contributed by atoms with van der Waals surface area (Å²) in [6.45, 7) is 1.06. The standard InChI is InChI=1S/C22H19N5O5/c1-13-18(21(30)27(26(13)2)14-8-4-3-5-9-14)23-17(28)12-32-22(31)19-15-10-6-7-11-16(15)20(29)25-24-19/h3-11H,12H2,1-2H3,(H,23,28)(H,25,29). The van der Waals surface area contributed by atoms with Crippen molar-refractivity contribution in [2.75, 3.05) is 11.9 Å². The van der Waals surface area contributed by atoms with Crippen LogP contribution >= 0.6 is 0 Å². The number of nitrogens with zero attached hydrogens (tertiary/aromatic N) is 3. The first-order valence-electron chi connectivity index (χ1n) is 9.67. The highest BCUT2D eigenvalue weighted by atomic mass is 16.5. The van der Waals surface area contributed by atoms with Gasteiger partial charge in [-0.1, -0.05) is 36.4 Å². The van der Waals surface area contributed by atoms with Crippen molar-refractivity contribution in [1.29, 1.82) is 0 Å². The number of nitrogens with one attached hydrogen (secondary N) is 2. The van der Waals surface area contributed by atoms with E-state index in [1.165, 1.54) is 4.68 Å². The molecule has 0 spiro atoms. The van der Waals surface area contributed by atoms with Gasteiger partial charge in [-0.3, -0.25) is 19.1 Å². The van der Waals surface area contributed by atoms with Gasteiger partial charge in [0.1, 0.15) is 5.69 Å².